The third-order valence-electron chi connectivity index (χ3n) is 4.31. The van der Waals surface area contributed by atoms with Gasteiger partial charge in [0.15, 0.2) is 0 Å². The number of nitrogens with zero attached hydrogens (tertiary/aromatic N) is 4. The van der Waals surface area contributed by atoms with Gasteiger partial charge in [-0.2, -0.15) is 15.0 Å². The van der Waals surface area contributed by atoms with E-state index in [2.05, 4.69) is 19.8 Å². The topological polar surface area (TPSA) is 89.4 Å². The molecule has 1 saturated heterocycles. The number of fused-ring (bicyclic) bond motifs is 1. The molecule has 0 radical (unpaired) electrons. The summed E-state index contributed by atoms with van der Waals surface area (Å²) in [5.74, 6) is 0.317. The fourth-order valence-electron chi connectivity index (χ4n) is 3.04. The molecule has 1 aromatic heterocycles. The molecular formula is C15H23N5O3S. The van der Waals surface area contributed by atoms with Crippen LogP contribution in [0.1, 0.15) is 6.42 Å². The van der Waals surface area contributed by atoms with E-state index in [0.717, 1.165) is 26.1 Å². The van der Waals surface area contributed by atoms with Gasteiger partial charge in [-0.3, -0.25) is 0 Å². The van der Waals surface area contributed by atoms with Crippen molar-refractivity contribution in [2.24, 2.45) is 13.0 Å². The van der Waals surface area contributed by atoms with E-state index < -0.39 is 10.0 Å². The third-order valence-corrected chi connectivity index (χ3v) is 5.76. The lowest BCUT2D eigenvalue weighted by Crippen LogP contribution is -2.32. The second-order valence-electron chi connectivity index (χ2n) is 6.11. The molecule has 1 atom stereocenters. The fraction of sp³-hybridized carbons (Fsp3) is 0.600. The summed E-state index contributed by atoms with van der Waals surface area (Å²) in [6, 6.07) is 5.01. The van der Waals surface area contributed by atoms with E-state index in [-0.39, 0.29) is 4.90 Å². The van der Waals surface area contributed by atoms with E-state index in [9.17, 15) is 8.42 Å². The smallest absolute Gasteiger partial charge is 0.242 e. The van der Waals surface area contributed by atoms with E-state index >= 15 is 0 Å². The molecule has 0 unspecified atom stereocenters. The van der Waals surface area contributed by atoms with Crippen molar-refractivity contribution < 1.29 is 13.2 Å². The largest absolute Gasteiger partial charge is 0.383 e. The Balaban J connectivity index is 1.66. The average molecular weight is 353 g/mol. The van der Waals surface area contributed by atoms with Crippen LogP contribution < -0.4 is 4.72 Å². The molecule has 0 saturated carbocycles. The Bertz CT molecular complexity index is 805. The molecule has 3 rings (SSSR count). The molecular weight excluding hydrogens is 330 g/mol. The summed E-state index contributed by atoms with van der Waals surface area (Å²) in [5.41, 5.74) is 0.979. The van der Waals surface area contributed by atoms with Crippen LogP contribution in [0.5, 0.6) is 0 Å². The van der Waals surface area contributed by atoms with Gasteiger partial charge in [0.2, 0.25) is 10.0 Å². The van der Waals surface area contributed by atoms with Crippen LogP contribution in [0.25, 0.3) is 11.0 Å². The molecule has 9 heteroatoms. The highest BCUT2D eigenvalue weighted by Gasteiger charge is 2.25. The fourth-order valence-corrected chi connectivity index (χ4v) is 4.31. The van der Waals surface area contributed by atoms with Crippen LogP contribution in [0.15, 0.2) is 23.1 Å². The van der Waals surface area contributed by atoms with Gasteiger partial charge in [0.05, 0.1) is 6.61 Å². The van der Waals surface area contributed by atoms with Crippen LogP contribution in [0.2, 0.25) is 0 Å². The first-order valence-corrected chi connectivity index (χ1v) is 9.49. The highest BCUT2D eigenvalue weighted by molar-refractivity contribution is 7.89. The highest BCUT2D eigenvalue weighted by atomic mass is 32.2. The number of sulfonamides is 1. The number of aromatic nitrogens is 3. The zero-order chi connectivity index (χ0) is 17.2. The number of benzene rings is 1. The van der Waals surface area contributed by atoms with Crippen LogP contribution in [-0.2, 0) is 21.8 Å². The first kappa shape index (κ1) is 17.3. The molecule has 0 bridgehead atoms. The SMILES string of the molecule is COCCN1CC[C@@H](CNS(=O)(=O)c2cccc3nn(C)nc23)C1. The standard InChI is InChI=1S/C15H23N5O3S/c1-19-17-13-4-3-5-14(15(13)18-19)24(21,22)16-10-12-6-7-20(11-12)8-9-23-2/h3-5,12,16H,6-11H2,1-2H3/t12-/m0/s1. The number of likely N-dealkylation sites (tertiary alicyclic amines) is 1. The van der Waals surface area contributed by atoms with Crippen LogP contribution in [0, 0.1) is 5.92 Å². The van der Waals surface area contributed by atoms with Crippen molar-refractivity contribution in [3.63, 3.8) is 0 Å². The summed E-state index contributed by atoms with van der Waals surface area (Å²) in [6.07, 6.45) is 0.988. The molecule has 24 heavy (non-hydrogen) atoms. The van der Waals surface area contributed by atoms with Crippen molar-refractivity contribution in [3.8, 4) is 0 Å². The Kier molecular flexibility index (Phi) is 5.14. The molecule has 1 N–H and O–H groups in total. The number of hydrogen-bond acceptors (Lipinski definition) is 6. The molecule has 1 aromatic carbocycles. The Labute approximate surface area is 141 Å². The lowest BCUT2D eigenvalue weighted by atomic mass is 10.1. The minimum absolute atomic E-state index is 0.183. The van der Waals surface area contributed by atoms with Crippen molar-refractivity contribution in [2.45, 2.75) is 11.3 Å². The summed E-state index contributed by atoms with van der Waals surface area (Å²) in [6.45, 7) is 3.89. The molecule has 2 heterocycles. The maximum atomic E-state index is 12.6. The quantitative estimate of drug-likeness (QED) is 0.766. The van der Waals surface area contributed by atoms with Crippen molar-refractivity contribution in [1.29, 1.82) is 0 Å². The zero-order valence-electron chi connectivity index (χ0n) is 14.0. The second kappa shape index (κ2) is 7.14. The van der Waals surface area contributed by atoms with Gasteiger partial charge in [-0.05, 0) is 31.0 Å². The second-order valence-corrected chi connectivity index (χ2v) is 7.85. The van der Waals surface area contributed by atoms with Gasteiger partial charge in [0.25, 0.3) is 0 Å². The molecule has 1 aliphatic heterocycles. The predicted molar refractivity (Wildman–Crippen MR) is 90.1 cm³/mol. The summed E-state index contributed by atoms with van der Waals surface area (Å²) in [7, 11) is -0.238. The number of ether oxygens (including phenoxy) is 1. The first-order valence-electron chi connectivity index (χ1n) is 8.00. The number of aryl methyl sites for hydroxylation is 1. The molecule has 0 spiro atoms. The molecule has 2 aromatic rings. The Morgan fingerprint density at radius 2 is 2.21 bits per heavy atom. The van der Waals surface area contributed by atoms with Gasteiger partial charge in [0.1, 0.15) is 15.9 Å². The lowest BCUT2D eigenvalue weighted by Gasteiger charge is -2.15. The Hall–Kier alpha value is -1.55. The summed E-state index contributed by atoms with van der Waals surface area (Å²) >= 11 is 0. The molecule has 1 fully saturated rings. The van der Waals surface area contributed by atoms with Crippen molar-refractivity contribution in [1.82, 2.24) is 24.6 Å². The minimum Gasteiger partial charge on any atom is -0.383 e. The van der Waals surface area contributed by atoms with Gasteiger partial charge in [0, 0.05) is 33.8 Å². The lowest BCUT2D eigenvalue weighted by molar-refractivity contribution is 0.159. The summed E-state index contributed by atoms with van der Waals surface area (Å²) < 4.78 is 33.1. The normalized spacial score (nSPS) is 19.3. The molecule has 0 amide bonds. The number of rotatable bonds is 7. The number of nitrogens with one attached hydrogen (secondary N) is 1. The summed E-state index contributed by atoms with van der Waals surface area (Å²) in [4.78, 5) is 3.86. The van der Waals surface area contributed by atoms with Gasteiger partial charge in [-0.15, -0.1) is 0 Å². The van der Waals surface area contributed by atoms with Gasteiger partial charge < -0.3 is 9.64 Å². The molecule has 132 valence electrons. The Morgan fingerprint density at radius 1 is 1.38 bits per heavy atom. The average Bonchev–Trinajstić information content (AvgIpc) is 3.15. The van der Waals surface area contributed by atoms with Crippen LogP contribution in [0.3, 0.4) is 0 Å². The maximum Gasteiger partial charge on any atom is 0.242 e. The molecule has 8 nitrogen and oxygen atoms in total. The van der Waals surface area contributed by atoms with Crippen LogP contribution >= 0.6 is 0 Å². The third kappa shape index (κ3) is 3.75. The van der Waals surface area contributed by atoms with E-state index in [4.69, 9.17) is 4.74 Å². The van der Waals surface area contributed by atoms with Gasteiger partial charge in [-0.25, -0.2) is 13.1 Å². The summed E-state index contributed by atoms with van der Waals surface area (Å²) in [5, 5.41) is 8.33. The van der Waals surface area contributed by atoms with Crippen LogP contribution in [-0.4, -0.2) is 68.2 Å². The van der Waals surface area contributed by atoms with E-state index in [0.29, 0.717) is 30.1 Å². The maximum absolute atomic E-state index is 12.6. The van der Waals surface area contributed by atoms with E-state index in [1.807, 2.05) is 0 Å². The van der Waals surface area contributed by atoms with Gasteiger partial charge >= 0.3 is 0 Å². The van der Waals surface area contributed by atoms with Gasteiger partial charge in [-0.1, -0.05) is 6.07 Å². The monoisotopic (exact) mass is 353 g/mol. The highest BCUT2D eigenvalue weighted by Crippen LogP contribution is 2.20. The predicted octanol–water partition coefficient (Wildman–Crippen LogP) is 0.215. The number of hydrogen-bond donors (Lipinski definition) is 1. The number of methoxy groups -OCH3 is 1. The Morgan fingerprint density at radius 3 is 3.00 bits per heavy atom. The van der Waals surface area contributed by atoms with Crippen molar-refractivity contribution in [3.05, 3.63) is 18.2 Å². The van der Waals surface area contributed by atoms with E-state index in [1.54, 1.807) is 32.4 Å². The minimum atomic E-state index is -3.60. The van der Waals surface area contributed by atoms with Crippen molar-refractivity contribution >= 4 is 21.1 Å². The first-order chi connectivity index (χ1) is 11.5. The molecule has 1 aliphatic rings. The van der Waals surface area contributed by atoms with E-state index in [1.165, 1.54) is 4.80 Å². The van der Waals surface area contributed by atoms with Crippen LogP contribution in [0.4, 0.5) is 0 Å². The molecule has 0 aliphatic carbocycles. The van der Waals surface area contributed by atoms with Crippen molar-refractivity contribution in [2.75, 3.05) is 39.9 Å². The zero-order valence-corrected chi connectivity index (χ0v) is 14.8.